The van der Waals surface area contributed by atoms with Crippen LogP contribution in [0.2, 0.25) is 0 Å². The third kappa shape index (κ3) is 2.98. The van der Waals surface area contributed by atoms with E-state index < -0.39 is 0 Å². The molecule has 1 fully saturated rings. The van der Waals surface area contributed by atoms with E-state index in [4.69, 9.17) is 10.5 Å². The first kappa shape index (κ1) is 16.9. The first-order chi connectivity index (χ1) is 8.52. The number of rotatable bonds is 5. The van der Waals surface area contributed by atoms with Crippen molar-refractivity contribution in [3.05, 3.63) is 0 Å². The van der Waals surface area contributed by atoms with E-state index in [0.29, 0.717) is 5.92 Å². The van der Waals surface area contributed by atoms with E-state index in [1.807, 2.05) is 0 Å². The van der Waals surface area contributed by atoms with Crippen LogP contribution in [0.25, 0.3) is 0 Å². The molecule has 0 aromatic heterocycles. The summed E-state index contributed by atoms with van der Waals surface area (Å²) in [5, 5.41) is 0. The summed E-state index contributed by atoms with van der Waals surface area (Å²) in [6, 6.07) is 0.134. The smallest absolute Gasteiger partial charge is 0.0678 e. The summed E-state index contributed by atoms with van der Waals surface area (Å²) in [6.45, 7) is 13.2. The fraction of sp³-hybridized carbons (Fsp3) is 1.00. The van der Waals surface area contributed by atoms with Crippen LogP contribution in [0.1, 0.15) is 60.8 Å². The summed E-state index contributed by atoms with van der Waals surface area (Å²) in [5.74, 6) is 0.393. The van der Waals surface area contributed by atoms with Gasteiger partial charge >= 0.3 is 0 Å². The Morgan fingerprint density at radius 1 is 1.21 bits per heavy atom. The molecule has 2 unspecified atom stereocenters. The summed E-state index contributed by atoms with van der Waals surface area (Å²) >= 11 is 0. The average Bonchev–Trinajstić information content (AvgIpc) is 2.48. The van der Waals surface area contributed by atoms with Crippen molar-refractivity contribution >= 4 is 0 Å². The van der Waals surface area contributed by atoms with Crippen LogP contribution < -0.4 is 5.73 Å². The normalized spacial score (nSPS) is 27.8. The van der Waals surface area contributed by atoms with Gasteiger partial charge in [-0.15, -0.1) is 0 Å². The largest absolute Gasteiger partial charge is 0.369 e. The Bertz CT molecular complexity index is 306. The summed E-state index contributed by atoms with van der Waals surface area (Å²) in [4.78, 5) is 2.32. The fourth-order valence-corrected chi connectivity index (χ4v) is 4.19. The molecule has 0 amide bonds. The fourth-order valence-electron chi connectivity index (χ4n) is 4.19. The maximum atomic E-state index is 6.76. The van der Waals surface area contributed by atoms with Crippen LogP contribution in [-0.4, -0.2) is 41.8 Å². The van der Waals surface area contributed by atoms with E-state index in [1.165, 1.54) is 0 Å². The van der Waals surface area contributed by atoms with Crippen molar-refractivity contribution in [1.82, 2.24) is 4.90 Å². The second-order valence-electron chi connectivity index (χ2n) is 7.51. The molecule has 1 aliphatic heterocycles. The number of hydrogen-bond donors (Lipinski definition) is 1. The Kier molecular flexibility index (Phi) is 4.76. The first-order valence-electron chi connectivity index (χ1n) is 7.65. The van der Waals surface area contributed by atoms with Crippen molar-refractivity contribution in [2.24, 2.45) is 11.7 Å². The summed E-state index contributed by atoms with van der Waals surface area (Å²) in [5.41, 5.74) is 6.61. The first-order valence-corrected chi connectivity index (χ1v) is 7.65. The monoisotopic (exact) mass is 270 g/mol. The summed E-state index contributed by atoms with van der Waals surface area (Å²) < 4.78 is 6.24. The minimum atomic E-state index is -0.144. The average molecular weight is 270 g/mol. The summed E-state index contributed by atoms with van der Waals surface area (Å²) in [7, 11) is 4.31. The lowest BCUT2D eigenvalue weighted by molar-refractivity contribution is -0.0827. The molecule has 0 aromatic rings. The minimum absolute atomic E-state index is 0.0612. The van der Waals surface area contributed by atoms with E-state index in [2.05, 4.69) is 60.5 Å². The van der Waals surface area contributed by atoms with Gasteiger partial charge in [-0.05, 0) is 61.1 Å². The van der Waals surface area contributed by atoms with Crippen LogP contribution in [0.15, 0.2) is 0 Å². The van der Waals surface area contributed by atoms with Crippen molar-refractivity contribution in [2.45, 2.75) is 83.6 Å². The predicted octanol–water partition coefficient (Wildman–Crippen LogP) is 3.03. The van der Waals surface area contributed by atoms with Crippen molar-refractivity contribution in [2.75, 3.05) is 14.1 Å². The molecule has 114 valence electrons. The molecule has 2 atom stereocenters. The highest BCUT2D eigenvalue weighted by atomic mass is 16.5. The van der Waals surface area contributed by atoms with E-state index >= 15 is 0 Å². The van der Waals surface area contributed by atoms with Crippen LogP contribution >= 0.6 is 0 Å². The topological polar surface area (TPSA) is 38.5 Å². The SMILES string of the molecule is CCC(CC)(C(N)C1CC(C)(C)OC1(C)C)N(C)C. The van der Waals surface area contributed by atoms with Gasteiger partial charge in [0.15, 0.2) is 0 Å². The number of ether oxygens (including phenoxy) is 1. The molecule has 0 aliphatic carbocycles. The molecule has 0 saturated carbocycles. The van der Waals surface area contributed by atoms with Gasteiger partial charge in [0.05, 0.1) is 11.2 Å². The molecule has 1 heterocycles. The maximum absolute atomic E-state index is 6.76. The van der Waals surface area contributed by atoms with E-state index in [9.17, 15) is 0 Å². The number of likely N-dealkylation sites (N-methyl/N-ethyl adjacent to an activating group) is 1. The number of hydrogen-bond acceptors (Lipinski definition) is 3. The molecule has 2 N–H and O–H groups in total. The molecule has 1 saturated heterocycles. The third-order valence-corrected chi connectivity index (χ3v) is 5.31. The van der Waals surface area contributed by atoms with Crippen molar-refractivity contribution in [1.29, 1.82) is 0 Å². The van der Waals surface area contributed by atoms with Gasteiger partial charge in [-0.1, -0.05) is 13.8 Å². The van der Waals surface area contributed by atoms with Crippen molar-refractivity contribution in [3.8, 4) is 0 Å². The number of nitrogens with zero attached hydrogens (tertiary/aromatic N) is 1. The second kappa shape index (κ2) is 5.34. The molecule has 19 heavy (non-hydrogen) atoms. The minimum Gasteiger partial charge on any atom is -0.369 e. The Hall–Kier alpha value is -0.120. The van der Waals surface area contributed by atoms with Crippen molar-refractivity contribution < 1.29 is 4.74 Å². The van der Waals surface area contributed by atoms with E-state index in [-0.39, 0.29) is 22.8 Å². The Morgan fingerprint density at radius 3 is 1.95 bits per heavy atom. The zero-order chi connectivity index (χ0) is 15.1. The van der Waals surface area contributed by atoms with E-state index in [1.54, 1.807) is 0 Å². The van der Waals surface area contributed by atoms with Gasteiger partial charge < -0.3 is 15.4 Å². The summed E-state index contributed by atoms with van der Waals surface area (Å²) in [6.07, 6.45) is 3.19. The quantitative estimate of drug-likeness (QED) is 0.834. The van der Waals surface area contributed by atoms with Gasteiger partial charge in [0.2, 0.25) is 0 Å². The molecule has 1 rings (SSSR count). The standard InChI is InChI=1S/C16H34N2O/c1-9-16(10-2,18(7)8)13(17)12-11-14(3,4)19-15(12,5)6/h12-13H,9-11,17H2,1-8H3. The highest BCUT2D eigenvalue weighted by Crippen LogP contribution is 2.46. The second-order valence-corrected chi connectivity index (χ2v) is 7.51. The lowest BCUT2D eigenvalue weighted by Crippen LogP contribution is -2.62. The highest BCUT2D eigenvalue weighted by molar-refractivity contribution is 5.07. The van der Waals surface area contributed by atoms with Crippen LogP contribution in [0.4, 0.5) is 0 Å². The predicted molar refractivity (Wildman–Crippen MR) is 82.3 cm³/mol. The van der Waals surface area contributed by atoms with Crippen LogP contribution in [0, 0.1) is 5.92 Å². The van der Waals surface area contributed by atoms with Gasteiger partial charge in [-0.3, -0.25) is 0 Å². The van der Waals surface area contributed by atoms with Gasteiger partial charge in [0.1, 0.15) is 0 Å². The van der Waals surface area contributed by atoms with Crippen LogP contribution in [-0.2, 0) is 4.74 Å². The molecule has 1 aliphatic rings. The highest BCUT2D eigenvalue weighted by Gasteiger charge is 2.53. The van der Waals surface area contributed by atoms with Gasteiger partial charge in [0, 0.05) is 17.5 Å². The number of nitrogens with two attached hydrogens (primary N) is 1. The third-order valence-electron chi connectivity index (χ3n) is 5.31. The van der Waals surface area contributed by atoms with Gasteiger partial charge in [0.25, 0.3) is 0 Å². The molecule has 0 radical (unpaired) electrons. The molecular weight excluding hydrogens is 236 g/mol. The van der Waals surface area contributed by atoms with Gasteiger partial charge in [-0.25, -0.2) is 0 Å². The maximum Gasteiger partial charge on any atom is 0.0678 e. The lowest BCUT2D eigenvalue weighted by Gasteiger charge is -2.48. The van der Waals surface area contributed by atoms with Crippen molar-refractivity contribution in [3.63, 3.8) is 0 Å². The Labute approximate surface area is 119 Å². The Morgan fingerprint density at radius 2 is 1.68 bits per heavy atom. The van der Waals surface area contributed by atoms with E-state index in [0.717, 1.165) is 19.3 Å². The zero-order valence-corrected chi connectivity index (χ0v) is 14.2. The van der Waals surface area contributed by atoms with Gasteiger partial charge in [-0.2, -0.15) is 0 Å². The molecule has 0 spiro atoms. The van der Waals surface area contributed by atoms with Crippen LogP contribution in [0.5, 0.6) is 0 Å². The van der Waals surface area contributed by atoms with Crippen LogP contribution in [0.3, 0.4) is 0 Å². The lowest BCUT2D eigenvalue weighted by atomic mass is 9.70. The molecule has 0 bridgehead atoms. The molecular formula is C16H34N2O. The molecule has 3 heteroatoms. The zero-order valence-electron chi connectivity index (χ0n) is 14.2. The molecule has 0 aromatic carbocycles. The molecule has 3 nitrogen and oxygen atoms in total. The Balaban J connectivity index is 3.07.